The molecule has 0 amide bonds. The van der Waals surface area contributed by atoms with Gasteiger partial charge in [0.2, 0.25) is 0 Å². The van der Waals surface area contributed by atoms with Crippen LogP contribution in [-0.4, -0.2) is 58.8 Å². The van der Waals surface area contributed by atoms with E-state index < -0.39 is 14.7 Å². The number of ether oxygens (including phenoxy) is 1. The van der Waals surface area contributed by atoms with Crippen LogP contribution in [0.15, 0.2) is 31.0 Å². The fourth-order valence-corrected chi connectivity index (χ4v) is 4.70. The molecule has 9 heteroatoms. The van der Waals surface area contributed by atoms with Crippen molar-refractivity contribution in [2.24, 2.45) is 5.92 Å². The van der Waals surface area contributed by atoms with Crippen molar-refractivity contribution in [1.82, 2.24) is 29.6 Å². The number of alkyl halides is 1. The highest BCUT2D eigenvalue weighted by molar-refractivity contribution is 6.76. The second-order valence-electron chi connectivity index (χ2n) is 9.28. The maximum atomic E-state index is 13.8. The van der Waals surface area contributed by atoms with Crippen LogP contribution < -0.4 is 5.32 Å². The van der Waals surface area contributed by atoms with E-state index in [2.05, 4.69) is 40.0 Å². The van der Waals surface area contributed by atoms with E-state index in [0.717, 1.165) is 54.5 Å². The van der Waals surface area contributed by atoms with Crippen LogP contribution in [0.4, 0.5) is 4.39 Å². The largest absolute Gasteiger partial charge is 0.361 e. The summed E-state index contributed by atoms with van der Waals surface area (Å²) in [6.45, 7) is 9.63. The molecular weight excluding hydrogens is 399 g/mol. The molecule has 1 saturated heterocycles. The van der Waals surface area contributed by atoms with Crippen LogP contribution in [0.2, 0.25) is 25.7 Å². The number of rotatable bonds is 9. The molecule has 4 heterocycles. The van der Waals surface area contributed by atoms with Crippen LogP contribution in [0.3, 0.4) is 0 Å². The van der Waals surface area contributed by atoms with Crippen LogP contribution in [0.1, 0.15) is 12.5 Å². The zero-order valence-corrected chi connectivity index (χ0v) is 19.0. The van der Waals surface area contributed by atoms with Gasteiger partial charge in [0.25, 0.3) is 0 Å². The van der Waals surface area contributed by atoms with Crippen molar-refractivity contribution >= 4 is 19.1 Å². The van der Waals surface area contributed by atoms with E-state index in [4.69, 9.17) is 4.74 Å². The van der Waals surface area contributed by atoms with Gasteiger partial charge in [-0.3, -0.25) is 4.68 Å². The third-order valence-electron chi connectivity index (χ3n) is 5.80. The molecule has 0 bridgehead atoms. The Hall–Kier alpha value is -2.10. The summed E-state index contributed by atoms with van der Waals surface area (Å²) in [5, 5.41) is 8.73. The van der Waals surface area contributed by atoms with Gasteiger partial charge < -0.3 is 14.6 Å². The Morgan fingerprint density at radius 1 is 1.33 bits per heavy atom. The number of nitrogens with one attached hydrogen (secondary N) is 1. The predicted octanol–water partition coefficient (Wildman–Crippen LogP) is 3.73. The Morgan fingerprint density at radius 3 is 2.93 bits per heavy atom. The highest BCUT2D eigenvalue weighted by atomic mass is 28.3. The van der Waals surface area contributed by atoms with Gasteiger partial charge in [-0.1, -0.05) is 19.6 Å². The molecule has 0 spiro atoms. The van der Waals surface area contributed by atoms with Crippen molar-refractivity contribution in [3.63, 3.8) is 0 Å². The summed E-state index contributed by atoms with van der Waals surface area (Å²) in [7, 11) is -1.11. The van der Waals surface area contributed by atoms with Gasteiger partial charge in [0.15, 0.2) is 0 Å². The monoisotopic (exact) mass is 430 g/mol. The molecule has 162 valence electrons. The van der Waals surface area contributed by atoms with Crippen molar-refractivity contribution in [2.45, 2.75) is 44.9 Å². The highest BCUT2D eigenvalue weighted by Gasteiger charge is 2.27. The molecule has 7 nitrogen and oxygen atoms in total. The van der Waals surface area contributed by atoms with E-state index in [1.165, 1.54) is 0 Å². The quantitative estimate of drug-likeness (QED) is 0.414. The Labute approximate surface area is 177 Å². The number of aromatic nitrogens is 5. The highest BCUT2D eigenvalue weighted by Crippen LogP contribution is 2.29. The molecule has 1 fully saturated rings. The van der Waals surface area contributed by atoms with Gasteiger partial charge in [-0.15, -0.1) is 0 Å². The lowest BCUT2D eigenvalue weighted by molar-refractivity contribution is 0.0899. The molecular formula is C21H31FN6OSi. The normalized spacial score (nSPS) is 18.3. The minimum absolute atomic E-state index is 0.240. The molecule has 3 aromatic heterocycles. The number of fused-ring (bicyclic) bond motifs is 1. The van der Waals surface area contributed by atoms with Gasteiger partial charge in [0, 0.05) is 44.6 Å². The maximum absolute atomic E-state index is 13.8. The first kappa shape index (κ1) is 21.1. The molecule has 1 aliphatic heterocycles. The molecule has 2 atom stereocenters. The lowest BCUT2D eigenvalue weighted by Gasteiger charge is -2.20. The molecule has 1 aliphatic rings. The molecule has 0 saturated carbocycles. The van der Waals surface area contributed by atoms with Crippen molar-refractivity contribution in [1.29, 1.82) is 0 Å². The average molecular weight is 431 g/mol. The van der Waals surface area contributed by atoms with Gasteiger partial charge in [-0.25, -0.2) is 14.4 Å². The predicted molar refractivity (Wildman–Crippen MR) is 119 cm³/mol. The van der Waals surface area contributed by atoms with E-state index in [0.29, 0.717) is 6.73 Å². The Morgan fingerprint density at radius 2 is 2.20 bits per heavy atom. The second-order valence-corrected chi connectivity index (χ2v) is 14.9. The molecule has 0 aliphatic carbocycles. The van der Waals surface area contributed by atoms with Crippen molar-refractivity contribution < 1.29 is 9.13 Å². The van der Waals surface area contributed by atoms with Gasteiger partial charge in [-0.05, 0) is 31.0 Å². The van der Waals surface area contributed by atoms with E-state index in [1.54, 1.807) is 17.2 Å². The fourth-order valence-electron chi connectivity index (χ4n) is 3.94. The maximum Gasteiger partial charge on any atom is 0.145 e. The summed E-state index contributed by atoms with van der Waals surface area (Å²) < 4.78 is 23.4. The molecule has 0 aromatic carbocycles. The average Bonchev–Trinajstić information content (AvgIpc) is 3.46. The van der Waals surface area contributed by atoms with E-state index >= 15 is 0 Å². The van der Waals surface area contributed by atoms with Gasteiger partial charge in [0.05, 0.1) is 17.9 Å². The smallest absolute Gasteiger partial charge is 0.145 e. The third kappa shape index (κ3) is 4.63. The Kier molecular flexibility index (Phi) is 6.31. The minimum Gasteiger partial charge on any atom is -0.361 e. The first-order valence-corrected chi connectivity index (χ1v) is 14.4. The SMILES string of the molecule is C[Si](C)(C)CCOCn1ccc2c(-c3cnn(C(CF)C4CCNC4)c3)ncnc21. The van der Waals surface area contributed by atoms with Crippen LogP contribution >= 0.6 is 0 Å². The van der Waals surface area contributed by atoms with Crippen molar-refractivity contribution in [3.05, 3.63) is 31.0 Å². The Bertz CT molecular complexity index is 975. The zero-order chi connectivity index (χ0) is 21.1. The number of hydrogen-bond acceptors (Lipinski definition) is 5. The second kappa shape index (κ2) is 8.95. The molecule has 1 N–H and O–H groups in total. The molecule has 30 heavy (non-hydrogen) atoms. The zero-order valence-electron chi connectivity index (χ0n) is 18.0. The molecule has 3 aromatic rings. The topological polar surface area (TPSA) is 69.8 Å². The third-order valence-corrected chi connectivity index (χ3v) is 7.50. The lowest BCUT2D eigenvalue weighted by Crippen LogP contribution is -2.23. The van der Waals surface area contributed by atoms with Gasteiger partial charge in [-0.2, -0.15) is 5.10 Å². The lowest BCUT2D eigenvalue weighted by atomic mass is 10.0. The number of halogens is 1. The van der Waals surface area contributed by atoms with E-state index in [1.807, 2.05) is 23.0 Å². The number of hydrogen-bond donors (Lipinski definition) is 1. The van der Waals surface area contributed by atoms with E-state index in [9.17, 15) is 4.39 Å². The first-order chi connectivity index (χ1) is 14.5. The van der Waals surface area contributed by atoms with Crippen LogP contribution in [0.25, 0.3) is 22.3 Å². The number of nitrogens with zero attached hydrogens (tertiary/aromatic N) is 5. The van der Waals surface area contributed by atoms with Crippen LogP contribution in [-0.2, 0) is 11.5 Å². The summed E-state index contributed by atoms with van der Waals surface area (Å²) in [6.07, 6.45) is 8.21. The van der Waals surface area contributed by atoms with Crippen molar-refractivity contribution in [2.75, 3.05) is 26.4 Å². The Balaban J connectivity index is 1.52. The molecule has 2 unspecified atom stereocenters. The molecule has 0 radical (unpaired) electrons. The fraction of sp³-hybridized carbons (Fsp3) is 0.571. The summed E-state index contributed by atoms with van der Waals surface area (Å²) >= 11 is 0. The van der Waals surface area contributed by atoms with Crippen molar-refractivity contribution in [3.8, 4) is 11.3 Å². The van der Waals surface area contributed by atoms with Gasteiger partial charge in [0.1, 0.15) is 25.4 Å². The summed E-state index contributed by atoms with van der Waals surface area (Å²) in [4.78, 5) is 8.96. The van der Waals surface area contributed by atoms with Gasteiger partial charge >= 0.3 is 0 Å². The summed E-state index contributed by atoms with van der Waals surface area (Å²) in [5.41, 5.74) is 2.53. The van der Waals surface area contributed by atoms with E-state index in [-0.39, 0.29) is 12.0 Å². The minimum atomic E-state index is -1.11. The summed E-state index contributed by atoms with van der Waals surface area (Å²) in [5.74, 6) is 0.266. The van der Waals surface area contributed by atoms with Crippen LogP contribution in [0.5, 0.6) is 0 Å². The summed E-state index contributed by atoms with van der Waals surface area (Å²) in [6, 6.07) is 2.91. The first-order valence-electron chi connectivity index (χ1n) is 10.6. The van der Waals surface area contributed by atoms with Crippen LogP contribution in [0, 0.1) is 5.92 Å². The standard InChI is InChI=1S/C21H31FN6OSi/c1-30(2,3)9-8-29-15-27-7-5-18-20(24-14-25-21(18)27)17-12-26-28(13-17)19(10-22)16-4-6-23-11-16/h5,7,12-14,16,19,23H,4,6,8-11,15H2,1-3H3. The molecule has 4 rings (SSSR count).